The van der Waals surface area contributed by atoms with Crippen molar-refractivity contribution in [3.05, 3.63) is 100 Å². The summed E-state index contributed by atoms with van der Waals surface area (Å²) < 4.78 is 19.8. The Morgan fingerprint density at radius 2 is 1.75 bits per heavy atom. The quantitative estimate of drug-likeness (QED) is 0.578. The molecule has 3 nitrogen and oxygen atoms in total. The molecule has 2 aliphatic rings. The monoisotopic (exact) mass is 372 g/mol. The Morgan fingerprint density at radius 3 is 2.54 bits per heavy atom. The Balaban J connectivity index is 1.61. The molecular weight excluding hydrogens is 351 g/mol. The summed E-state index contributed by atoms with van der Waals surface area (Å²) >= 11 is 0. The molecule has 2 atom stereocenters. The standard InChI is InChI=1S/C24H21FN2O/c1-15-7-12-19(16(2)13-15)24-27-22(20-5-3-4-6-23(20)28-24)14-21(26-27)17-8-10-18(25)11-9-17/h3-13,22,24H,14H2,1-2H3/t22-,24+/m0/s1. The van der Waals surface area contributed by atoms with E-state index in [9.17, 15) is 4.39 Å². The number of benzene rings is 3. The van der Waals surface area contributed by atoms with Gasteiger partial charge in [0.1, 0.15) is 11.6 Å². The van der Waals surface area contributed by atoms with Gasteiger partial charge in [0.15, 0.2) is 0 Å². The Hall–Kier alpha value is -3.14. The number of nitrogens with zero attached hydrogens (tertiary/aromatic N) is 2. The van der Waals surface area contributed by atoms with Crippen LogP contribution in [-0.4, -0.2) is 10.7 Å². The van der Waals surface area contributed by atoms with Gasteiger partial charge in [-0.05, 0) is 43.2 Å². The average Bonchev–Trinajstić information content (AvgIpc) is 3.14. The summed E-state index contributed by atoms with van der Waals surface area (Å²) in [5.74, 6) is 0.672. The Kier molecular flexibility index (Phi) is 3.93. The zero-order valence-electron chi connectivity index (χ0n) is 15.9. The molecular formula is C24H21FN2O. The fourth-order valence-corrected chi connectivity index (χ4v) is 4.16. The van der Waals surface area contributed by atoms with Gasteiger partial charge in [-0.3, -0.25) is 0 Å². The highest BCUT2D eigenvalue weighted by Crippen LogP contribution is 2.47. The third-order valence-corrected chi connectivity index (χ3v) is 5.57. The van der Waals surface area contributed by atoms with E-state index >= 15 is 0 Å². The van der Waals surface area contributed by atoms with Crippen molar-refractivity contribution in [2.45, 2.75) is 32.5 Å². The molecule has 4 heteroatoms. The first-order valence-electron chi connectivity index (χ1n) is 9.54. The molecule has 0 saturated heterocycles. The zero-order chi connectivity index (χ0) is 19.3. The zero-order valence-corrected chi connectivity index (χ0v) is 15.9. The number of fused-ring (bicyclic) bond motifs is 3. The van der Waals surface area contributed by atoms with Crippen molar-refractivity contribution in [1.29, 1.82) is 0 Å². The summed E-state index contributed by atoms with van der Waals surface area (Å²) in [6.45, 7) is 4.21. The maximum Gasteiger partial charge on any atom is 0.214 e. The van der Waals surface area contributed by atoms with Gasteiger partial charge in [-0.1, -0.05) is 54.1 Å². The van der Waals surface area contributed by atoms with Crippen LogP contribution in [0.1, 0.15) is 46.5 Å². The third kappa shape index (κ3) is 2.76. The van der Waals surface area contributed by atoms with E-state index in [-0.39, 0.29) is 18.1 Å². The number of halogens is 1. The van der Waals surface area contributed by atoms with Crippen LogP contribution in [0.3, 0.4) is 0 Å². The van der Waals surface area contributed by atoms with Crippen LogP contribution in [-0.2, 0) is 0 Å². The minimum atomic E-state index is -0.279. The smallest absolute Gasteiger partial charge is 0.214 e. The lowest BCUT2D eigenvalue weighted by molar-refractivity contribution is -0.0194. The number of ether oxygens (including phenoxy) is 1. The van der Waals surface area contributed by atoms with E-state index in [4.69, 9.17) is 9.84 Å². The predicted octanol–water partition coefficient (Wildman–Crippen LogP) is 5.68. The second-order valence-corrected chi connectivity index (χ2v) is 7.52. The first kappa shape index (κ1) is 17.0. The molecule has 0 unspecified atom stereocenters. The largest absolute Gasteiger partial charge is 0.464 e. The van der Waals surface area contributed by atoms with Crippen LogP contribution in [0, 0.1) is 19.7 Å². The average molecular weight is 372 g/mol. The van der Waals surface area contributed by atoms with Crippen molar-refractivity contribution < 1.29 is 9.13 Å². The second-order valence-electron chi connectivity index (χ2n) is 7.52. The minimum absolute atomic E-state index is 0.107. The normalized spacial score (nSPS) is 20.2. The van der Waals surface area contributed by atoms with E-state index in [1.54, 1.807) is 12.1 Å². The molecule has 0 fully saturated rings. The first-order chi connectivity index (χ1) is 13.6. The summed E-state index contributed by atoms with van der Waals surface area (Å²) in [6.07, 6.45) is 0.492. The van der Waals surface area contributed by atoms with Crippen LogP contribution in [0.4, 0.5) is 4.39 Å². The summed E-state index contributed by atoms with van der Waals surface area (Å²) in [7, 11) is 0. The van der Waals surface area contributed by atoms with Crippen LogP contribution in [0.2, 0.25) is 0 Å². The van der Waals surface area contributed by atoms with Crippen LogP contribution in [0.25, 0.3) is 0 Å². The highest BCUT2D eigenvalue weighted by Gasteiger charge is 2.41. The van der Waals surface area contributed by atoms with Gasteiger partial charge in [-0.2, -0.15) is 5.10 Å². The van der Waals surface area contributed by atoms with Crippen molar-refractivity contribution >= 4 is 5.71 Å². The van der Waals surface area contributed by atoms with Gasteiger partial charge >= 0.3 is 0 Å². The molecule has 140 valence electrons. The van der Waals surface area contributed by atoms with Gasteiger partial charge < -0.3 is 4.74 Å². The van der Waals surface area contributed by atoms with E-state index in [1.165, 1.54) is 23.3 Å². The number of hydrazone groups is 1. The van der Waals surface area contributed by atoms with Gasteiger partial charge in [0, 0.05) is 17.5 Å². The Labute approximate surface area is 164 Å². The second kappa shape index (κ2) is 6.48. The first-order valence-corrected chi connectivity index (χ1v) is 9.54. The summed E-state index contributed by atoms with van der Waals surface area (Å²) in [5.41, 5.74) is 6.59. The van der Waals surface area contributed by atoms with Crippen LogP contribution in [0.15, 0.2) is 71.8 Å². The highest BCUT2D eigenvalue weighted by atomic mass is 19.1. The molecule has 5 rings (SSSR count). The fraction of sp³-hybridized carbons (Fsp3) is 0.208. The van der Waals surface area contributed by atoms with E-state index < -0.39 is 0 Å². The van der Waals surface area contributed by atoms with Gasteiger partial charge in [-0.25, -0.2) is 9.40 Å². The molecule has 0 N–H and O–H groups in total. The van der Waals surface area contributed by atoms with Crippen LogP contribution in [0.5, 0.6) is 5.75 Å². The number of hydrogen-bond acceptors (Lipinski definition) is 3. The molecule has 28 heavy (non-hydrogen) atoms. The van der Waals surface area contributed by atoms with E-state index in [0.29, 0.717) is 0 Å². The maximum absolute atomic E-state index is 13.4. The van der Waals surface area contributed by atoms with Crippen molar-refractivity contribution in [1.82, 2.24) is 5.01 Å². The van der Waals surface area contributed by atoms with Gasteiger partial charge in [0.25, 0.3) is 0 Å². The molecule has 0 bridgehead atoms. The lowest BCUT2D eigenvalue weighted by Crippen LogP contribution is -2.34. The third-order valence-electron chi connectivity index (χ3n) is 5.57. The SMILES string of the molecule is Cc1ccc([C@H]2Oc3ccccc3[C@@H]3CC(c4ccc(F)cc4)=NN23)c(C)c1. The molecule has 0 radical (unpaired) electrons. The molecule has 2 aliphatic heterocycles. The Morgan fingerprint density at radius 1 is 0.964 bits per heavy atom. The lowest BCUT2D eigenvalue weighted by atomic mass is 9.95. The topological polar surface area (TPSA) is 24.8 Å². The summed E-state index contributed by atoms with van der Waals surface area (Å²) in [6, 6.07) is 21.3. The molecule has 0 aromatic heterocycles. The number of aryl methyl sites for hydroxylation is 2. The van der Waals surface area contributed by atoms with Crippen molar-refractivity contribution in [3.63, 3.8) is 0 Å². The van der Waals surface area contributed by atoms with Gasteiger partial charge in [0.05, 0.1) is 11.8 Å². The van der Waals surface area contributed by atoms with Crippen molar-refractivity contribution in [2.24, 2.45) is 5.10 Å². The maximum atomic E-state index is 13.4. The molecule has 0 aliphatic carbocycles. The van der Waals surface area contributed by atoms with Crippen LogP contribution < -0.4 is 4.74 Å². The molecule has 0 saturated carbocycles. The molecule has 3 aromatic rings. The van der Waals surface area contributed by atoms with Gasteiger partial charge in [0.2, 0.25) is 6.23 Å². The molecule has 3 aromatic carbocycles. The summed E-state index contributed by atoms with van der Waals surface area (Å²) in [5, 5.41) is 7.00. The van der Waals surface area contributed by atoms with E-state index in [2.05, 4.69) is 43.1 Å². The fourth-order valence-electron chi connectivity index (χ4n) is 4.16. The highest BCUT2D eigenvalue weighted by molar-refractivity contribution is 6.01. The number of rotatable bonds is 2. The summed E-state index contributed by atoms with van der Waals surface area (Å²) in [4.78, 5) is 0. The molecule has 2 heterocycles. The lowest BCUT2D eigenvalue weighted by Gasteiger charge is -2.38. The Bertz CT molecular complexity index is 1070. The molecule has 0 amide bonds. The number of para-hydroxylation sites is 1. The van der Waals surface area contributed by atoms with Crippen molar-refractivity contribution in [2.75, 3.05) is 0 Å². The predicted molar refractivity (Wildman–Crippen MR) is 108 cm³/mol. The molecule has 0 spiro atoms. The van der Waals surface area contributed by atoms with Gasteiger partial charge in [-0.15, -0.1) is 0 Å². The number of hydrogen-bond donors (Lipinski definition) is 0. The van der Waals surface area contributed by atoms with E-state index in [0.717, 1.165) is 34.6 Å². The van der Waals surface area contributed by atoms with Crippen molar-refractivity contribution in [3.8, 4) is 5.75 Å². The minimum Gasteiger partial charge on any atom is -0.464 e. The van der Waals surface area contributed by atoms with E-state index in [1.807, 2.05) is 18.2 Å². The van der Waals surface area contributed by atoms with Crippen LogP contribution >= 0.6 is 0 Å².